The van der Waals surface area contributed by atoms with Gasteiger partial charge in [-0.2, -0.15) is 4.31 Å². The lowest BCUT2D eigenvalue weighted by Gasteiger charge is -2.22. The number of nitrogen functional groups attached to an aromatic ring is 1. The van der Waals surface area contributed by atoms with Crippen LogP contribution >= 0.6 is 0 Å². The van der Waals surface area contributed by atoms with E-state index in [-0.39, 0.29) is 34.6 Å². The van der Waals surface area contributed by atoms with E-state index in [2.05, 4.69) is 4.98 Å². The number of carbonyl (C=O) groups excluding carboxylic acids is 1. The van der Waals surface area contributed by atoms with E-state index in [4.69, 9.17) is 5.73 Å². The number of aromatic nitrogens is 2. The van der Waals surface area contributed by atoms with Crippen LogP contribution in [0.25, 0.3) is 0 Å². The molecule has 3 rings (SSSR count). The Kier molecular flexibility index (Phi) is 7.08. The molecule has 0 unspecified atom stereocenters. The molecular weight excluding hydrogens is 458 g/mol. The number of anilines is 2. The monoisotopic (exact) mass is 485 g/mol. The Hall–Kier alpha value is -3.70. The lowest BCUT2D eigenvalue weighted by molar-refractivity contribution is 0.0992. The number of nitrogens with zero attached hydrogens (tertiary/aromatic N) is 3. The van der Waals surface area contributed by atoms with Crippen LogP contribution in [-0.2, 0) is 16.6 Å². The number of carbonyl (C=O) groups is 1. The fourth-order valence-corrected chi connectivity index (χ4v) is 4.77. The first-order valence-corrected chi connectivity index (χ1v) is 11.9. The summed E-state index contributed by atoms with van der Waals surface area (Å²) < 4.78 is 28.0. The first kappa shape index (κ1) is 24.9. The molecule has 0 aliphatic heterocycles. The third-order valence-electron chi connectivity index (χ3n) is 5.52. The zero-order valence-corrected chi connectivity index (χ0v) is 20.2. The van der Waals surface area contributed by atoms with Crippen molar-refractivity contribution in [3.05, 3.63) is 86.6 Å². The van der Waals surface area contributed by atoms with Gasteiger partial charge in [0.1, 0.15) is 5.82 Å². The molecule has 180 valence electrons. The quantitative estimate of drug-likeness (QED) is 0.520. The summed E-state index contributed by atoms with van der Waals surface area (Å²) in [6.07, 6.45) is 0. The predicted octanol–water partition coefficient (Wildman–Crippen LogP) is 1.47. The second-order valence-corrected chi connectivity index (χ2v) is 10.1. The summed E-state index contributed by atoms with van der Waals surface area (Å²) in [5.41, 5.74) is 5.23. The topological polar surface area (TPSA) is 139 Å². The van der Waals surface area contributed by atoms with Gasteiger partial charge in [0.05, 0.1) is 11.4 Å². The average Bonchev–Trinajstić information content (AvgIpc) is 2.81. The van der Waals surface area contributed by atoms with Crippen LogP contribution in [0.1, 0.15) is 29.8 Å². The smallest absolute Gasteiger partial charge is 0.330 e. The van der Waals surface area contributed by atoms with Crippen molar-refractivity contribution in [2.45, 2.75) is 31.3 Å². The molecule has 0 aliphatic carbocycles. The van der Waals surface area contributed by atoms with Crippen LogP contribution in [0.2, 0.25) is 0 Å². The van der Waals surface area contributed by atoms with Crippen LogP contribution in [0.5, 0.6) is 0 Å². The number of amides is 1. The van der Waals surface area contributed by atoms with Gasteiger partial charge in [0.2, 0.25) is 10.0 Å². The minimum Gasteiger partial charge on any atom is -0.383 e. The Morgan fingerprint density at radius 1 is 1.06 bits per heavy atom. The van der Waals surface area contributed by atoms with Crippen LogP contribution in [0.4, 0.5) is 11.5 Å². The highest BCUT2D eigenvalue weighted by molar-refractivity contribution is 7.89. The van der Waals surface area contributed by atoms with Crippen molar-refractivity contribution in [2.24, 2.45) is 0 Å². The number of nitrogens with two attached hydrogens (primary N) is 1. The first-order chi connectivity index (χ1) is 15.9. The summed E-state index contributed by atoms with van der Waals surface area (Å²) in [5, 5.41) is 0. The van der Waals surface area contributed by atoms with E-state index in [1.165, 1.54) is 42.7 Å². The molecule has 0 saturated carbocycles. The van der Waals surface area contributed by atoms with Gasteiger partial charge in [0.25, 0.3) is 11.5 Å². The van der Waals surface area contributed by atoms with Crippen LogP contribution in [0.3, 0.4) is 0 Å². The maximum atomic E-state index is 13.2. The van der Waals surface area contributed by atoms with Crippen molar-refractivity contribution in [1.82, 2.24) is 13.9 Å². The van der Waals surface area contributed by atoms with E-state index in [1.54, 1.807) is 38.1 Å². The summed E-state index contributed by atoms with van der Waals surface area (Å²) in [5.74, 6) is -0.844. The molecule has 0 saturated heterocycles. The summed E-state index contributed by atoms with van der Waals surface area (Å²) in [6, 6.07) is 14.3. The highest BCUT2D eigenvalue weighted by atomic mass is 32.2. The molecule has 0 spiro atoms. The molecule has 11 heteroatoms. The van der Waals surface area contributed by atoms with Crippen LogP contribution in [0.15, 0.2) is 69.1 Å². The maximum absolute atomic E-state index is 13.2. The number of nitrogens with one attached hydrogen (secondary N) is 1. The summed E-state index contributed by atoms with van der Waals surface area (Å²) in [6.45, 7) is 3.56. The first-order valence-electron chi connectivity index (χ1n) is 10.5. The van der Waals surface area contributed by atoms with Crippen LogP contribution in [0, 0.1) is 0 Å². The van der Waals surface area contributed by atoms with E-state index in [9.17, 15) is 22.8 Å². The molecule has 0 atom stereocenters. The van der Waals surface area contributed by atoms with Crippen molar-refractivity contribution >= 4 is 27.4 Å². The average molecular weight is 486 g/mol. The van der Waals surface area contributed by atoms with E-state index in [1.807, 2.05) is 6.07 Å². The molecular formula is C23H27N5O5S. The van der Waals surface area contributed by atoms with E-state index < -0.39 is 27.2 Å². The Labute approximate surface area is 197 Å². The van der Waals surface area contributed by atoms with Gasteiger partial charge in [-0.3, -0.25) is 19.1 Å². The third-order valence-corrected chi connectivity index (χ3v) is 7.55. The second-order valence-electron chi connectivity index (χ2n) is 8.07. The predicted molar refractivity (Wildman–Crippen MR) is 131 cm³/mol. The number of hydrogen-bond acceptors (Lipinski definition) is 6. The molecule has 0 radical (unpaired) electrons. The van der Waals surface area contributed by atoms with Crippen molar-refractivity contribution in [3.63, 3.8) is 0 Å². The van der Waals surface area contributed by atoms with E-state index in [0.717, 1.165) is 15.0 Å². The van der Waals surface area contributed by atoms with E-state index in [0.29, 0.717) is 0 Å². The number of aromatic amines is 1. The molecule has 3 N–H and O–H groups in total. The number of rotatable bonds is 7. The SMILES string of the molecule is CC(C)N(C)S(=O)(=O)c1cccc(C(=O)N(C)c2c(N)n(Cc3ccccc3)c(=O)[nH]c2=O)c1. The molecule has 34 heavy (non-hydrogen) atoms. The molecule has 1 heterocycles. The second kappa shape index (κ2) is 9.65. The standard InChI is InChI=1S/C23H27N5O5S/c1-15(2)27(4)34(32,33)18-12-8-11-17(13-18)22(30)26(3)19-20(24)28(23(31)25-21(19)29)14-16-9-6-5-7-10-16/h5-13,15H,14,24H2,1-4H3,(H,25,29,31). The van der Waals surface area contributed by atoms with Gasteiger partial charge >= 0.3 is 5.69 Å². The zero-order chi connectivity index (χ0) is 25.2. The Balaban J connectivity index is 2.02. The Morgan fingerprint density at radius 2 is 1.71 bits per heavy atom. The fraction of sp³-hybridized carbons (Fsp3) is 0.261. The van der Waals surface area contributed by atoms with Gasteiger partial charge < -0.3 is 10.6 Å². The van der Waals surface area contributed by atoms with Crippen molar-refractivity contribution in [3.8, 4) is 0 Å². The third kappa shape index (κ3) is 4.80. The normalized spacial score (nSPS) is 11.7. The van der Waals surface area contributed by atoms with Gasteiger partial charge in [0, 0.05) is 25.7 Å². The zero-order valence-electron chi connectivity index (χ0n) is 19.3. The van der Waals surface area contributed by atoms with Gasteiger partial charge in [-0.1, -0.05) is 36.4 Å². The number of benzene rings is 2. The van der Waals surface area contributed by atoms with E-state index >= 15 is 0 Å². The van der Waals surface area contributed by atoms with Crippen LogP contribution in [-0.4, -0.2) is 48.3 Å². The fourth-order valence-electron chi connectivity index (χ4n) is 3.35. The molecule has 10 nitrogen and oxygen atoms in total. The molecule has 0 aliphatic rings. The van der Waals surface area contributed by atoms with Crippen molar-refractivity contribution < 1.29 is 13.2 Å². The van der Waals surface area contributed by atoms with Gasteiger partial charge in [-0.15, -0.1) is 0 Å². The molecule has 2 aromatic carbocycles. The molecule has 0 bridgehead atoms. The minimum absolute atomic E-state index is 0.0420. The summed E-state index contributed by atoms with van der Waals surface area (Å²) >= 11 is 0. The highest BCUT2D eigenvalue weighted by Crippen LogP contribution is 2.22. The molecule has 1 amide bonds. The summed E-state index contributed by atoms with van der Waals surface area (Å²) in [7, 11) is -1.03. The largest absolute Gasteiger partial charge is 0.383 e. The van der Waals surface area contributed by atoms with Gasteiger partial charge in [-0.05, 0) is 37.6 Å². The highest BCUT2D eigenvalue weighted by Gasteiger charge is 2.26. The van der Waals surface area contributed by atoms with Gasteiger partial charge in [0.15, 0.2) is 5.69 Å². The summed E-state index contributed by atoms with van der Waals surface area (Å²) in [4.78, 5) is 41.3. The molecule has 1 aromatic heterocycles. The molecule has 3 aromatic rings. The Bertz CT molecular complexity index is 1430. The number of hydrogen-bond donors (Lipinski definition) is 2. The lowest BCUT2D eigenvalue weighted by atomic mass is 10.2. The lowest BCUT2D eigenvalue weighted by Crippen LogP contribution is -2.39. The number of sulfonamides is 1. The van der Waals surface area contributed by atoms with Crippen molar-refractivity contribution in [1.29, 1.82) is 0 Å². The number of H-pyrrole nitrogens is 1. The van der Waals surface area contributed by atoms with Crippen molar-refractivity contribution in [2.75, 3.05) is 24.7 Å². The molecule has 0 fully saturated rings. The maximum Gasteiger partial charge on any atom is 0.330 e. The van der Waals surface area contributed by atoms with Crippen LogP contribution < -0.4 is 21.9 Å². The Morgan fingerprint density at radius 3 is 2.32 bits per heavy atom. The van der Waals surface area contributed by atoms with Gasteiger partial charge in [-0.25, -0.2) is 13.2 Å². The minimum atomic E-state index is -3.82.